The van der Waals surface area contributed by atoms with Crippen molar-refractivity contribution in [2.45, 2.75) is 4.90 Å². The van der Waals surface area contributed by atoms with Gasteiger partial charge in [0.25, 0.3) is 0 Å². The molecule has 0 amide bonds. The van der Waals surface area contributed by atoms with Gasteiger partial charge in [-0.05, 0) is 18.2 Å². The van der Waals surface area contributed by atoms with Crippen molar-refractivity contribution in [2.75, 3.05) is 5.73 Å². The van der Waals surface area contributed by atoms with Crippen molar-refractivity contribution in [3.63, 3.8) is 0 Å². The lowest BCUT2D eigenvalue weighted by molar-refractivity contribution is 0.567. The third kappa shape index (κ3) is 1.50. The minimum absolute atomic E-state index is 0.428. The van der Waals surface area contributed by atoms with Crippen LogP contribution in [0, 0.1) is 0 Å². The molecular formula is C8H7N3OS. The second-order valence-corrected chi connectivity index (χ2v) is 3.00. The quantitative estimate of drug-likeness (QED) is 0.533. The van der Waals surface area contributed by atoms with E-state index in [4.69, 9.17) is 10.2 Å². The normalized spacial score (nSPS) is 10.2. The van der Waals surface area contributed by atoms with Crippen LogP contribution in [0.4, 0.5) is 5.69 Å². The van der Waals surface area contributed by atoms with Crippen LogP contribution in [0.5, 0.6) is 0 Å². The summed E-state index contributed by atoms with van der Waals surface area (Å²) < 4.78 is 5.03. The first-order valence-corrected chi connectivity index (χ1v) is 4.07. The molecule has 2 rings (SSSR count). The Morgan fingerprint density at radius 3 is 2.92 bits per heavy atom. The Kier molecular flexibility index (Phi) is 1.94. The summed E-state index contributed by atoms with van der Waals surface area (Å²) in [7, 11) is 0. The highest BCUT2D eigenvalue weighted by atomic mass is 32.1. The highest BCUT2D eigenvalue weighted by Gasteiger charge is 2.07. The number of hydrogen-bond donors (Lipinski definition) is 2. The topological polar surface area (TPSA) is 64.9 Å². The lowest BCUT2D eigenvalue weighted by Gasteiger charge is -2.00. The summed E-state index contributed by atoms with van der Waals surface area (Å²) in [5.74, 6) is 0.428. The molecule has 0 aliphatic carbocycles. The molecule has 0 bridgehead atoms. The zero-order valence-corrected chi connectivity index (χ0v) is 7.53. The van der Waals surface area contributed by atoms with Gasteiger partial charge in [0.05, 0.1) is 5.56 Å². The van der Waals surface area contributed by atoms with Gasteiger partial charge in [-0.3, -0.25) is 0 Å². The van der Waals surface area contributed by atoms with E-state index < -0.39 is 0 Å². The molecular weight excluding hydrogens is 186 g/mol. The SMILES string of the molecule is Nc1ccc(S)c(-c2nnco2)c1. The zero-order chi connectivity index (χ0) is 9.26. The van der Waals surface area contributed by atoms with E-state index in [9.17, 15) is 0 Å². The zero-order valence-electron chi connectivity index (χ0n) is 6.64. The molecule has 0 aliphatic rings. The third-order valence-corrected chi connectivity index (χ3v) is 2.00. The summed E-state index contributed by atoms with van der Waals surface area (Å²) in [6.45, 7) is 0. The van der Waals surface area contributed by atoms with E-state index in [0.717, 1.165) is 10.5 Å². The molecule has 0 atom stereocenters. The number of thiol groups is 1. The maximum atomic E-state index is 5.61. The fourth-order valence-electron chi connectivity index (χ4n) is 1.02. The van der Waals surface area contributed by atoms with Gasteiger partial charge >= 0.3 is 0 Å². The highest BCUT2D eigenvalue weighted by molar-refractivity contribution is 7.80. The minimum Gasteiger partial charge on any atom is -0.423 e. The Balaban J connectivity index is 2.57. The largest absolute Gasteiger partial charge is 0.423 e. The summed E-state index contributed by atoms with van der Waals surface area (Å²) in [4.78, 5) is 0.762. The van der Waals surface area contributed by atoms with Crippen molar-refractivity contribution < 1.29 is 4.42 Å². The van der Waals surface area contributed by atoms with Crippen LogP contribution in [0.1, 0.15) is 0 Å². The van der Waals surface area contributed by atoms with Crippen molar-refractivity contribution in [2.24, 2.45) is 0 Å². The van der Waals surface area contributed by atoms with E-state index in [-0.39, 0.29) is 0 Å². The average Bonchev–Trinajstić information content (AvgIpc) is 2.61. The van der Waals surface area contributed by atoms with Gasteiger partial charge in [0.2, 0.25) is 12.3 Å². The van der Waals surface area contributed by atoms with Crippen molar-refractivity contribution in [1.82, 2.24) is 10.2 Å². The Bertz CT molecular complexity index is 413. The van der Waals surface area contributed by atoms with E-state index in [1.165, 1.54) is 6.39 Å². The number of nitrogen functional groups attached to an aromatic ring is 1. The second kappa shape index (κ2) is 3.10. The molecule has 0 saturated carbocycles. The lowest BCUT2D eigenvalue weighted by Crippen LogP contribution is -1.87. The van der Waals surface area contributed by atoms with Gasteiger partial charge in [0.15, 0.2) is 0 Å². The lowest BCUT2D eigenvalue weighted by atomic mass is 10.2. The molecule has 0 aliphatic heterocycles. The molecule has 1 heterocycles. The number of aromatic nitrogens is 2. The summed E-state index contributed by atoms with van der Waals surface area (Å²) in [6.07, 6.45) is 1.27. The van der Waals surface area contributed by atoms with Crippen molar-refractivity contribution in [3.8, 4) is 11.5 Å². The molecule has 5 heteroatoms. The minimum atomic E-state index is 0.428. The standard InChI is InChI=1S/C8H7N3OS/c9-5-1-2-7(13)6(3-5)8-11-10-4-12-8/h1-4,13H,9H2. The highest BCUT2D eigenvalue weighted by Crippen LogP contribution is 2.26. The van der Waals surface area contributed by atoms with Crippen LogP contribution in [0.25, 0.3) is 11.5 Å². The third-order valence-electron chi connectivity index (χ3n) is 1.61. The first kappa shape index (κ1) is 8.12. The number of nitrogens with zero attached hydrogens (tertiary/aromatic N) is 2. The molecule has 4 nitrogen and oxygen atoms in total. The smallest absolute Gasteiger partial charge is 0.248 e. The molecule has 13 heavy (non-hydrogen) atoms. The van der Waals surface area contributed by atoms with Gasteiger partial charge in [-0.2, -0.15) is 0 Å². The molecule has 2 N–H and O–H groups in total. The van der Waals surface area contributed by atoms with Crippen molar-refractivity contribution in [3.05, 3.63) is 24.6 Å². The van der Waals surface area contributed by atoms with E-state index in [2.05, 4.69) is 22.8 Å². The Hall–Kier alpha value is -1.49. The van der Waals surface area contributed by atoms with Crippen LogP contribution >= 0.6 is 12.6 Å². The first-order chi connectivity index (χ1) is 6.27. The maximum Gasteiger partial charge on any atom is 0.248 e. The van der Waals surface area contributed by atoms with Gasteiger partial charge in [0, 0.05) is 10.6 Å². The van der Waals surface area contributed by atoms with E-state index in [0.29, 0.717) is 11.6 Å². The van der Waals surface area contributed by atoms with Crippen LogP contribution in [0.3, 0.4) is 0 Å². The van der Waals surface area contributed by atoms with Crippen molar-refractivity contribution >= 4 is 18.3 Å². The molecule has 0 fully saturated rings. The van der Waals surface area contributed by atoms with Gasteiger partial charge in [0.1, 0.15) is 0 Å². The molecule has 66 valence electrons. The molecule has 0 spiro atoms. The van der Waals surface area contributed by atoms with Crippen LogP contribution < -0.4 is 5.73 Å². The molecule has 1 aromatic carbocycles. The van der Waals surface area contributed by atoms with Gasteiger partial charge < -0.3 is 10.2 Å². The molecule has 1 aromatic heterocycles. The summed E-state index contributed by atoms with van der Waals surface area (Å²) >= 11 is 4.25. The summed E-state index contributed by atoms with van der Waals surface area (Å²) in [5.41, 5.74) is 7.00. The first-order valence-electron chi connectivity index (χ1n) is 3.62. The predicted molar refractivity (Wildman–Crippen MR) is 51.4 cm³/mol. The summed E-state index contributed by atoms with van der Waals surface area (Å²) in [5, 5.41) is 7.35. The van der Waals surface area contributed by atoms with Crippen LogP contribution in [-0.2, 0) is 0 Å². The Morgan fingerprint density at radius 2 is 2.23 bits per heavy atom. The molecule has 0 radical (unpaired) electrons. The van der Waals surface area contributed by atoms with E-state index in [1.807, 2.05) is 0 Å². The fraction of sp³-hybridized carbons (Fsp3) is 0. The maximum absolute atomic E-state index is 5.61. The van der Waals surface area contributed by atoms with E-state index >= 15 is 0 Å². The number of rotatable bonds is 1. The average molecular weight is 193 g/mol. The Labute approximate surface area is 80.2 Å². The van der Waals surface area contributed by atoms with Gasteiger partial charge in [-0.15, -0.1) is 22.8 Å². The molecule has 0 unspecified atom stereocenters. The van der Waals surface area contributed by atoms with E-state index in [1.54, 1.807) is 18.2 Å². The van der Waals surface area contributed by atoms with Crippen LogP contribution in [0.15, 0.2) is 33.9 Å². The second-order valence-electron chi connectivity index (χ2n) is 2.52. The van der Waals surface area contributed by atoms with Gasteiger partial charge in [-0.1, -0.05) is 0 Å². The Morgan fingerprint density at radius 1 is 1.38 bits per heavy atom. The summed E-state index contributed by atoms with van der Waals surface area (Å²) in [6, 6.07) is 5.30. The molecule has 2 aromatic rings. The van der Waals surface area contributed by atoms with Gasteiger partial charge in [-0.25, -0.2) is 0 Å². The number of hydrogen-bond acceptors (Lipinski definition) is 5. The van der Waals surface area contributed by atoms with Crippen LogP contribution in [-0.4, -0.2) is 10.2 Å². The van der Waals surface area contributed by atoms with Crippen molar-refractivity contribution in [1.29, 1.82) is 0 Å². The number of nitrogens with two attached hydrogens (primary N) is 1. The number of anilines is 1. The molecule has 0 saturated heterocycles. The predicted octanol–water partition coefficient (Wildman–Crippen LogP) is 1.61. The monoisotopic (exact) mass is 193 g/mol. The number of benzene rings is 1. The van der Waals surface area contributed by atoms with Crippen LogP contribution in [0.2, 0.25) is 0 Å². The fourth-order valence-corrected chi connectivity index (χ4v) is 1.25.